The number of hydrogen-bond acceptors (Lipinski definition) is 6. The van der Waals surface area contributed by atoms with Crippen molar-refractivity contribution in [3.05, 3.63) is 52.7 Å². The van der Waals surface area contributed by atoms with Crippen LogP contribution >= 0.6 is 15.9 Å². The molecule has 2 aliphatic rings. The third-order valence-corrected chi connectivity index (χ3v) is 7.78. The standard InChI is InChI=1S/C25H30BrF2N7/c1-29-23-22(26)25(31-16-30-23)34-10-6-17(7-11-34)24-32-21(18-4-5-19(27)20(28)14-18)15-35(24)13-12-33-8-2-3-9-33/h4-5,14-17H,2-3,6-13H2,1H3,(H,29,30,31). The molecule has 0 radical (unpaired) electrons. The van der Waals surface area contributed by atoms with Crippen molar-refractivity contribution in [2.75, 3.05) is 50.0 Å². The van der Waals surface area contributed by atoms with E-state index in [4.69, 9.17) is 4.98 Å². The number of hydrogen-bond donors (Lipinski definition) is 1. The Bertz CT molecular complexity index is 1170. The largest absolute Gasteiger partial charge is 0.372 e. The summed E-state index contributed by atoms with van der Waals surface area (Å²) in [6, 6.07) is 4.01. The highest BCUT2D eigenvalue weighted by Gasteiger charge is 2.27. The third kappa shape index (κ3) is 5.18. The molecular formula is C25H30BrF2N7. The normalized spacial score (nSPS) is 17.3. The number of likely N-dealkylation sites (tertiary alicyclic amines) is 1. The Balaban J connectivity index is 1.36. The Kier molecular flexibility index (Phi) is 7.29. The lowest BCUT2D eigenvalue weighted by molar-refractivity contribution is 0.317. The van der Waals surface area contributed by atoms with Crippen LogP contribution in [0.4, 0.5) is 20.4 Å². The van der Waals surface area contributed by atoms with Crippen molar-refractivity contribution < 1.29 is 8.78 Å². The average molecular weight is 546 g/mol. The van der Waals surface area contributed by atoms with Crippen molar-refractivity contribution in [3.8, 4) is 11.3 Å². The summed E-state index contributed by atoms with van der Waals surface area (Å²) in [5.74, 6) is 1.29. The summed E-state index contributed by atoms with van der Waals surface area (Å²) in [5, 5.41) is 3.09. The second-order valence-corrected chi connectivity index (χ2v) is 10.0. The minimum Gasteiger partial charge on any atom is -0.372 e. The van der Waals surface area contributed by atoms with E-state index in [0.29, 0.717) is 11.3 Å². The highest BCUT2D eigenvalue weighted by atomic mass is 79.9. The summed E-state index contributed by atoms with van der Waals surface area (Å²) < 4.78 is 30.5. The van der Waals surface area contributed by atoms with Gasteiger partial charge in [-0.05, 0) is 72.9 Å². The fraction of sp³-hybridized carbons (Fsp3) is 0.480. The van der Waals surface area contributed by atoms with Crippen LogP contribution in [0.5, 0.6) is 0 Å². The molecule has 2 fully saturated rings. The van der Waals surface area contributed by atoms with Gasteiger partial charge in [-0.25, -0.2) is 23.7 Å². The van der Waals surface area contributed by atoms with Crippen LogP contribution in [0.3, 0.4) is 0 Å². The number of aromatic nitrogens is 4. The van der Waals surface area contributed by atoms with Crippen molar-refractivity contribution in [2.24, 2.45) is 0 Å². The number of halogens is 3. The molecule has 2 aromatic heterocycles. The molecule has 0 amide bonds. The predicted molar refractivity (Wildman–Crippen MR) is 137 cm³/mol. The lowest BCUT2D eigenvalue weighted by Crippen LogP contribution is -2.35. The zero-order valence-corrected chi connectivity index (χ0v) is 21.4. The smallest absolute Gasteiger partial charge is 0.159 e. The van der Waals surface area contributed by atoms with E-state index in [1.807, 2.05) is 13.2 Å². The molecule has 10 heteroatoms. The highest BCUT2D eigenvalue weighted by molar-refractivity contribution is 9.10. The molecule has 0 saturated carbocycles. The summed E-state index contributed by atoms with van der Waals surface area (Å²) in [7, 11) is 1.84. The molecule has 0 atom stereocenters. The minimum absolute atomic E-state index is 0.285. The van der Waals surface area contributed by atoms with Crippen LogP contribution in [0, 0.1) is 11.6 Å². The average Bonchev–Trinajstić information content (AvgIpc) is 3.55. The van der Waals surface area contributed by atoms with Crippen molar-refractivity contribution in [3.63, 3.8) is 0 Å². The lowest BCUT2D eigenvalue weighted by atomic mass is 9.96. The number of nitrogens with zero attached hydrogens (tertiary/aromatic N) is 6. The second-order valence-electron chi connectivity index (χ2n) is 9.23. The number of imidazole rings is 1. The van der Waals surface area contributed by atoms with Gasteiger partial charge in [0.1, 0.15) is 28.3 Å². The molecule has 2 saturated heterocycles. The molecule has 1 aromatic carbocycles. The summed E-state index contributed by atoms with van der Waals surface area (Å²) in [6.45, 7) is 5.79. The van der Waals surface area contributed by atoms with Gasteiger partial charge in [-0.3, -0.25) is 0 Å². The molecule has 7 nitrogen and oxygen atoms in total. The van der Waals surface area contributed by atoms with Gasteiger partial charge in [0.2, 0.25) is 0 Å². The van der Waals surface area contributed by atoms with Crippen LogP contribution in [0.2, 0.25) is 0 Å². The number of rotatable bonds is 7. The van der Waals surface area contributed by atoms with Gasteiger partial charge < -0.3 is 19.7 Å². The third-order valence-electron chi connectivity index (χ3n) is 7.05. The number of piperidine rings is 1. The number of benzene rings is 1. The van der Waals surface area contributed by atoms with Crippen LogP contribution in [-0.4, -0.2) is 64.2 Å². The first-order valence-corrected chi connectivity index (χ1v) is 13.0. The summed E-state index contributed by atoms with van der Waals surface area (Å²) in [6.07, 6.45) is 7.96. The Morgan fingerprint density at radius 3 is 2.51 bits per heavy atom. The molecule has 5 rings (SSSR count). The predicted octanol–water partition coefficient (Wildman–Crippen LogP) is 4.90. The summed E-state index contributed by atoms with van der Waals surface area (Å²) in [4.78, 5) is 18.5. The van der Waals surface area contributed by atoms with Crippen LogP contribution < -0.4 is 10.2 Å². The molecule has 0 aliphatic carbocycles. The fourth-order valence-electron chi connectivity index (χ4n) is 5.09. The highest BCUT2D eigenvalue weighted by Crippen LogP contribution is 2.35. The minimum atomic E-state index is -0.847. The maximum Gasteiger partial charge on any atom is 0.159 e. The SMILES string of the molecule is CNc1ncnc(N2CCC(c3nc(-c4ccc(F)c(F)c4)cn3CCN3CCCC3)CC2)c1Br. The Hall–Kier alpha value is -2.59. The molecule has 0 spiro atoms. The van der Waals surface area contributed by atoms with Gasteiger partial charge in [0.15, 0.2) is 11.6 Å². The monoisotopic (exact) mass is 545 g/mol. The van der Waals surface area contributed by atoms with Gasteiger partial charge in [0, 0.05) is 50.9 Å². The van der Waals surface area contributed by atoms with E-state index < -0.39 is 11.6 Å². The molecule has 0 bridgehead atoms. The molecule has 35 heavy (non-hydrogen) atoms. The number of nitrogens with one attached hydrogen (secondary N) is 1. The molecule has 2 aliphatic heterocycles. The summed E-state index contributed by atoms with van der Waals surface area (Å²) >= 11 is 3.63. The fourth-order valence-corrected chi connectivity index (χ4v) is 5.74. The quantitative estimate of drug-likeness (QED) is 0.455. The van der Waals surface area contributed by atoms with Gasteiger partial charge in [-0.1, -0.05) is 0 Å². The van der Waals surface area contributed by atoms with E-state index in [0.717, 1.165) is 74.0 Å². The van der Waals surface area contributed by atoms with Gasteiger partial charge >= 0.3 is 0 Å². The van der Waals surface area contributed by atoms with Crippen molar-refractivity contribution in [1.82, 2.24) is 24.4 Å². The zero-order chi connectivity index (χ0) is 24.4. The maximum absolute atomic E-state index is 13.9. The molecule has 186 valence electrons. The topological polar surface area (TPSA) is 62.1 Å². The van der Waals surface area contributed by atoms with E-state index >= 15 is 0 Å². The van der Waals surface area contributed by atoms with Crippen LogP contribution in [0.25, 0.3) is 11.3 Å². The lowest BCUT2D eigenvalue weighted by Gasteiger charge is -2.33. The summed E-state index contributed by atoms with van der Waals surface area (Å²) in [5.41, 5.74) is 1.30. The maximum atomic E-state index is 13.9. The molecule has 0 unspecified atom stereocenters. The molecule has 3 aromatic rings. The van der Waals surface area contributed by atoms with Crippen LogP contribution in [-0.2, 0) is 6.54 Å². The van der Waals surface area contributed by atoms with Crippen LogP contribution in [0.15, 0.2) is 35.2 Å². The van der Waals surface area contributed by atoms with E-state index in [2.05, 4.69) is 45.6 Å². The zero-order valence-electron chi connectivity index (χ0n) is 19.9. The van der Waals surface area contributed by atoms with Crippen molar-refractivity contribution in [1.29, 1.82) is 0 Å². The van der Waals surface area contributed by atoms with E-state index in [1.54, 1.807) is 12.4 Å². The van der Waals surface area contributed by atoms with Gasteiger partial charge in [-0.2, -0.15) is 0 Å². The van der Waals surface area contributed by atoms with Gasteiger partial charge in [0.05, 0.1) is 5.69 Å². The van der Waals surface area contributed by atoms with Crippen LogP contribution in [0.1, 0.15) is 37.4 Å². The molecule has 4 heterocycles. The first-order chi connectivity index (χ1) is 17.0. The Morgan fingerprint density at radius 2 is 1.80 bits per heavy atom. The first kappa shape index (κ1) is 24.1. The Labute approximate surface area is 212 Å². The van der Waals surface area contributed by atoms with E-state index in [-0.39, 0.29) is 5.92 Å². The van der Waals surface area contributed by atoms with E-state index in [1.165, 1.54) is 25.0 Å². The second kappa shape index (κ2) is 10.6. The molecule has 1 N–H and O–H groups in total. The Morgan fingerprint density at radius 1 is 1.03 bits per heavy atom. The van der Waals surface area contributed by atoms with Crippen molar-refractivity contribution in [2.45, 2.75) is 38.1 Å². The van der Waals surface area contributed by atoms with E-state index in [9.17, 15) is 8.78 Å². The number of anilines is 2. The van der Waals surface area contributed by atoms with Gasteiger partial charge in [0.25, 0.3) is 0 Å². The first-order valence-electron chi connectivity index (χ1n) is 12.2. The molecular weight excluding hydrogens is 516 g/mol. The van der Waals surface area contributed by atoms with Gasteiger partial charge in [-0.15, -0.1) is 0 Å². The van der Waals surface area contributed by atoms with Crippen molar-refractivity contribution >= 4 is 27.6 Å².